The zero-order valence-corrected chi connectivity index (χ0v) is 14.0. The Balaban J connectivity index is 1.74. The quantitative estimate of drug-likeness (QED) is 0.845. The minimum Gasteiger partial charge on any atom is -0.371 e. The fraction of sp³-hybridized carbons (Fsp3) is 0.533. The maximum absolute atomic E-state index is 12.9. The number of piperidine rings is 1. The van der Waals surface area contributed by atoms with E-state index in [2.05, 4.69) is 4.90 Å². The van der Waals surface area contributed by atoms with Crippen molar-refractivity contribution >= 4 is 27.5 Å². The van der Waals surface area contributed by atoms with Crippen LogP contribution in [0, 0.1) is 5.92 Å². The Labute approximate surface area is 136 Å². The molecule has 1 saturated heterocycles. The highest BCUT2D eigenvalue weighted by molar-refractivity contribution is 7.86. The highest BCUT2D eigenvalue weighted by Crippen LogP contribution is 2.34. The van der Waals surface area contributed by atoms with E-state index in [0.29, 0.717) is 32.5 Å². The Morgan fingerprint density at radius 1 is 1.09 bits per heavy atom. The van der Waals surface area contributed by atoms with Gasteiger partial charge in [-0.3, -0.25) is 4.79 Å². The number of amides is 1. The number of hydrogen-bond donors (Lipinski definition) is 1. The van der Waals surface area contributed by atoms with Crippen LogP contribution >= 0.6 is 0 Å². The van der Waals surface area contributed by atoms with Crippen molar-refractivity contribution in [3.63, 3.8) is 0 Å². The van der Waals surface area contributed by atoms with Crippen LogP contribution in [-0.4, -0.2) is 51.9 Å². The summed E-state index contributed by atoms with van der Waals surface area (Å²) in [6, 6.07) is 7.87. The Hall–Kier alpha value is -1.64. The van der Waals surface area contributed by atoms with Crippen molar-refractivity contribution in [1.82, 2.24) is 4.31 Å². The standard InChI is InChI=1S/C15H22N4O3S/c1-17-10-11-19(14-5-3-2-4-13(14)17)15(20)12-6-8-18(9-7-12)23(16,21)22/h2-5,12H,6-11H2,1H3,(H2,16,21,22). The van der Waals surface area contributed by atoms with Crippen LogP contribution in [0.3, 0.4) is 0 Å². The molecule has 126 valence electrons. The molecular formula is C15H22N4O3S. The van der Waals surface area contributed by atoms with Crippen molar-refractivity contribution in [2.75, 3.05) is 43.0 Å². The van der Waals surface area contributed by atoms with Crippen molar-refractivity contribution in [2.24, 2.45) is 11.1 Å². The number of carbonyl (C=O) groups excluding carboxylic acids is 1. The first-order valence-corrected chi connectivity index (χ1v) is 9.27. The molecule has 8 heteroatoms. The maximum Gasteiger partial charge on any atom is 0.276 e. The molecule has 1 aromatic carbocycles. The van der Waals surface area contributed by atoms with Gasteiger partial charge < -0.3 is 9.80 Å². The van der Waals surface area contributed by atoms with Crippen LogP contribution in [0.4, 0.5) is 11.4 Å². The number of anilines is 2. The topological polar surface area (TPSA) is 86.9 Å². The second kappa shape index (κ2) is 6.10. The number of carbonyl (C=O) groups is 1. The number of fused-ring (bicyclic) bond motifs is 1. The first-order chi connectivity index (χ1) is 10.9. The number of rotatable bonds is 2. The maximum atomic E-state index is 12.9. The molecule has 1 aromatic rings. The van der Waals surface area contributed by atoms with Gasteiger partial charge in [0.2, 0.25) is 5.91 Å². The lowest BCUT2D eigenvalue weighted by Gasteiger charge is -2.38. The van der Waals surface area contributed by atoms with Crippen molar-refractivity contribution in [2.45, 2.75) is 12.8 Å². The van der Waals surface area contributed by atoms with Gasteiger partial charge in [-0.15, -0.1) is 0 Å². The van der Waals surface area contributed by atoms with Crippen molar-refractivity contribution < 1.29 is 13.2 Å². The Morgan fingerprint density at radius 2 is 1.70 bits per heavy atom. The molecule has 0 spiro atoms. The lowest BCUT2D eigenvalue weighted by Crippen LogP contribution is -2.49. The molecule has 2 aliphatic heterocycles. The Kier molecular flexibility index (Phi) is 4.31. The average molecular weight is 338 g/mol. The van der Waals surface area contributed by atoms with Gasteiger partial charge in [-0.25, -0.2) is 5.14 Å². The number of benzene rings is 1. The van der Waals surface area contributed by atoms with E-state index in [9.17, 15) is 13.2 Å². The van der Waals surface area contributed by atoms with E-state index >= 15 is 0 Å². The van der Waals surface area contributed by atoms with E-state index in [-0.39, 0.29) is 11.8 Å². The second-order valence-electron chi connectivity index (χ2n) is 6.12. The largest absolute Gasteiger partial charge is 0.371 e. The molecule has 0 unspecified atom stereocenters. The molecule has 23 heavy (non-hydrogen) atoms. The van der Waals surface area contributed by atoms with E-state index < -0.39 is 10.2 Å². The van der Waals surface area contributed by atoms with Crippen LogP contribution in [0.5, 0.6) is 0 Å². The zero-order chi connectivity index (χ0) is 16.6. The minimum atomic E-state index is -3.65. The van der Waals surface area contributed by atoms with Gasteiger partial charge >= 0.3 is 0 Å². The molecule has 2 N–H and O–H groups in total. The average Bonchev–Trinajstić information content (AvgIpc) is 2.54. The third-order valence-corrected chi connectivity index (χ3v) is 5.76. The molecule has 1 fully saturated rings. The van der Waals surface area contributed by atoms with Crippen molar-refractivity contribution in [3.05, 3.63) is 24.3 Å². The fourth-order valence-electron chi connectivity index (χ4n) is 3.31. The molecule has 0 aromatic heterocycles. The Bertz CT molecular complexity index is 698. The van der Waals surface area contributed by atoms with Gasteiger partial charge in [-0.1, -0.05) is 12.1 Å². The lowest BCUT2D eigenvalue weighted by atomic mass is 9.95. The van der Waals surface area contributed by atoms with Crippen LogP contribution in [0.2, 0.25) is 0 Å². The molecule has 0 bridgehead atoms. The number of likely N-dealkylation sites (N-methyl/N-ethyl adjacent to an activating group) is 1. The molecule has 0 radical (unpaired) electrons. The van der Waals surface area contributed by atoms with Gasteiger partial charge in [-0.2, -0.15) is 12.7 Å². The van der Waals surface area contributed by atoms with Crippen molar-refractivity contribution in [3.8, 4) is 0 Å². The summed E-state index contributed by atoms with van der Waals surface area (Å²) in [6.07, 6.45) is 1.04. The number of nitrogens with two attached hydrogens (primary N) is 1. The number of hydrogen-bond acceptors (Lipinski definition) is 4. The van der Waals surface area contributed by atoms with Gasteiger partial charge in [0, 0.05) is 39.1 Å². The summed E-state index contributed by atoms with van der Waals surface area (Å²) >= 11 is 0. The van der Waals surface area contributed by atoms with Crippen molar-refractivity contribution in [1.29, 1.82) is 0 Å². The van der Waals surface area contributed by atoms with Crippen LogP contribution in [-0.2, 0) is 15.0 Å². The first kappa shape index (κ1) is 16.2. The second-order valence-corrected chi connectivity index (χ2v) is 7.66. The smallest absolute Gasteiger partial charge is 0.276 e. The molecule has 0 aliphatic carbocycles. The van der Waals surface area contributed by atoms with Gasteiger partial charge in [0.05, 0.1) is 11.4 Å². The van der Waals surface area contributed by atoms with E-state index in [0.717, 1.165) is 17.9 Å². The normalized spacial score (nSPS) is 20.4. The van der Waals surface area contributed by atoms with E-state index in [4.69, 9.17) is 5.14 Å². The van der Waals surface area contributed by atoms with E-state index in [1.54, 1.807) is 0 Å². The summed E-state index contributed by atoms with van der Waals surface area (Å²) in [5.41, 5.74) is 1.98. The summed E-state index contributed by atoms with van der Waals surface area (Å²) in [6.45, 7) is 2.07. The molecule has 0 atom stereocenters. The van der Waals surface area contributed by atoms with Gasteiger partial charge in [-0.05, 0) is 25.0 Å². The predicted molar refractivity (Wildman–Crippen MR) is 89.5 cm³/mol. The fourth-order valence-corrected chi connectivity index (χ4v) is 4.03. The minimum absolute atomic E-state index is 0.0830. The van der Waals surface area contributed by atoms with Gasteiger partial charge in [0.1, 0.15) is 0 Å². The van der Waals surface area contributed by atoms with Crippen LogP contribution in [0.25, 0.3) is 0 Å². The highest BCUT2D eigenvalue weighted by Gasteiger charge is 2.34. The molecular weight excluding hydrogens is 316 g/mol. The first-order valence-electron chi connectivity index (χ1n) is 7.77. The van der Waals surface area contributed by atoms with Gasteiger partial charge in [0.15, 0.2) is 0 Å². The van der Waals surface area contributed by atoms with Gasteiger partial charge in [0.25, 0.3) is 10.2 Å². The number of para-hydroxylation sites is 2. The molecule has 3 rings (SSSR count). The van der Waals surface area contributed by atoms with E-state index in [1.165, 1.54) is 4.31 Å². The molecule has 2 heterocycles. The SMILES string of the molecule is CN1CCN(C(=O)C2CCN(S(N)(=O)=O)CC2)c2ccccc21. The third-order valence-electron chi connectivity index (χ3n) is 4.67. The molecule has 1 amide bonds. The van der Waals surface area contributed by atoms with Crippen LogP contribution in [0.15, 0.2) is 24.3 Å². The predicted octanol–water partition coefficient (Wildman–Crippen LogP) is 0.385. The number of nitrogens with zero attached hydrogens (tertiary/aromatic N) is 3. The summed E-state index contributed by atoms with van der Waals surface area (Å²) in [5, 5.41) is 5.15. The van der Waals surface area contributed by atoms with E-state index in [1.807, 2.05) is 36.2 Å². The molecule has 2 aliphatic rings. The summed E-state index contributed by atoms with van der Waals surface area (Å²) in [7, 11) is -1.63. The molecule has 0 saturated carbocycles. The Morgan fingerprint density at radius 3 is 2.30 bits per heavy atom. The summed E-state index contributed by atoms with van der Waals surface area (Å²) in [5.74, 6) is -0.0657. The molecule has 7 nitrogen and oxygen atoms in total. The summed E-state index contributed by atoms with van der Waals surface area (Å²) < 4.78 is 24.0. The third kappa shape index (κ3) is 3.19. The van der Waals surface area contributed by atoms with Crippen LogP contribution in [0.1, 0.15) is 12.8 Å². The monoisotopic (exact) mass is 338 g/mol. The van der Waals surface area contributed by atoms with Crippen LogP contribution < -0.4 is 14.9 Å². The zero-order valence-electron chi connectivity index (χ0n) is 13.2. The lowest BCUT2D eigenvalue weighted by molar-refractivity contribution is -0.123. The highest BCUT2D eigenvalue weighted by atomic mass is 32.2. The summed E-state index contributed by atoms with van der Waals surface area (Å²) in [4.78, 5) is 16.9.